The van der Waals surface area contributed by atoms with E-state index in [4.69, 9.17) is 10.5 Å². The van der Waals surface area contributed by atoms with Gasteiger partial charge >= 0.3 is 6.61 Å². The number of fused-ring (bicyclic) bond motifs is 2. The van der Waals surface area contributed by atoms with Crippen LogP contribution in [-0.4, -0.2) is 30.5 Å². The number of hydrogen-bond acceptors (Lipinski definition) is 4. The summed E-state index contributed by atoms with van der Waals surface area (Å²) in [7, 11) is 0. The molecule has 2 bridgehead atoms. The fourth-order valence-corrected chi connectivity index (χ4v) is 3.67. The van der Waals surface area contributed by atoms with E-state index in [1.807, 2.05) is 0 Å². The molecule has 0 amide bonds. The summed E-state index contributed by atoms with van der Waals surface area (Å²) in [6.07, 6.45) is 1.47. The molecule has 2 aliphatic rings. The van der Waals surface area contributed by atoms with Gasteiger partial charge in [0.25, 0.3) is 0 Å². The van der Waals surface area contributed by atoms with Crippen molar-refractivity contribution in [2.45, 2.75) is 44.2 Å². The Morgan fingerprint density at radius 2 is 2.14 bits per heavy atom. The van der Waals surface area contributed by atoms with Crippen LogP contribution < -0.4 is 10.5 Å². The first-order valence-corrected chi connectivity index (χ1v) is 7.14. The molecule has 0 aliphatic carbocycles. The average molecular weight is 299 g/mol. The maximum atomic E-state index is 12.5. The molecule has 1 aromatic carbocycles. The molecular weight excluding hydrogens is 280 g/mol. The number of alkyl halides is 2. The number of ether oxygens (including phenoxy) is 2. The van der Waals surface area contributed by atoms with Crippen molar-refractivity contribution in [1.29, 1.82) is 0 Å². The van der Waals surface area contributed by atoms with E-state index in [-0.39, 0.29) is 24.5 Å². The Morgan fingerprint density at radius 3 is 2.71 bits per heavy atom. The molecule has 0 radical (unpaired) electrons. The van der Waals surface area contributed by atoms with Gasteiger partial charge in [0.2, 0.25) is 0 Å². The predicted octanol–water partition coefficient (Wildman–Crippen LogP) is 2.22. The minimum Gasteiger partial charge on any atom is -0.434 e. The largest absolute Gasteiger partial charge is 0.434 e. The third kappa shape index (κ3) is 2.41. The number of halogens is 2. The van der Waals surface area contributed by atoms with Gasteiger partial charge in [0.05, 0.1) is 18.3 Å². The molecule has 0 saturated carbocycles. The van der Waals surface area contributed by atoms with Crippen LogP contribution in [0.15, 0.2) is 24.3 Å². The third-order valence-corrected chi connectivity index (χ3v) is 4.71. The fourth-order valence-electron chi connectivity index (χ4n) is 3.67. The second kappa shape index (κ2) is 5.51. The Morgan fingerprint density at radius 1 is 1.38 bits per heavy atom. The van der Waals surface area contributed by atoms with Crippen molar-refractivity contribution >= 4 is 0 Å². The standard InChI is InChI=1S/C15H19F2NO3/c16-14(17)21-11-4-2-1-3-10(11)13(19)15(8-18)7-9-5-6-12(15)20-9/h1-4,9,12-14,19H,5-8,18H2. The number of nitrogens with two attached hydrogens (primary N) is 1. The summed E-state index contributed by atoms with van der Waals surface area (Å²) in [6.45, 7) is -2.68. The molecule has 116 valence electrons. The highest BCUT2D eigenvalue weighted by atomic mass is 19.3. The highest BCUT2D eigenvalue weighted by Gasteiger charge is 2.56. The lowest BCUT2D eigenvalue weighted by molar-refractivity contribution is -0.0576. The van der Waals surface area contributed by atoms with Gasteiger partial charge in [-0.25, -0.2) is 0 Å². The van der Waals surface area contributed by atoms with Crippen LogP contribution in [0.3, 0.4) is 0 Å². The van der Waals surface area contributed by atoms with Gasteiger partial charge in [-0.05, 0) is 25.3 Å². The van der Waals surface area contributed by atoms with E-state index in [0.717, 1.165) is 12.8 Å². The molecule has 2 aliphatic heterocycles. The van der Waals surface area contributed by atoms with E-state index in [2.05, 4.69) is 4.74 Å². The van der Waals surface area contributed by atoms with Crippen LogP contribution in [-0.2, 0) is 4.74 Å². The number of aliphatic hydroxyl groups excluding tert-OH is 1. The summed E-state index contributed by atoms with van der Waals surface area (Å²) in [5.41, 5.74) is 5.64. The first-order valence-electron chi connectivity index (χ1n) is 7.14. The van der Waals surface area contributed by atoms with Crippen LogP contribution in [0.4, 0.5) is 8.78 Å². The lowest BCUT2D eigenvalue weighted by Gasteiger charge is -2.39. The van der Waals surface area contributed by atoms with Gasteiger partial charge in [0, 0.05) is 17.5 Å². The summed E-state index contributed by atoms with van der Waals surface area (Å²) in [5, 5.41) is 10.8. The molecule has 2 fully saturated rings. The second-order valence-corrected chi connectivity index (χ2v) is 5.78. The number of para-hydroxylation sites is 1. The Labute approximate surface area is 121 Å². The predicted molar refractivity (Wildman–Crippen MR) is 72.0 cm³/mol. The SMILES string of the molecule is NCC1(C(O)c2ccccc2OC(F)F)CC2CCC1O2. The van der Waals surface area contributed by atoms with E-state index in [1.165, 1.54) is 6.07 Å². The average Bonchev–Trinajstić information content (AvgIpc) is 3.07. The fraction of sp³-hybridized carbons (Fsp3) is 0.600. The van der Waals surface area contributed by atoms with Gasteiger partial charge in [0.1, 0.15) is 5.75 Å². The summed E-state index contributed by atoms with van der Waals surface area (Å²) >= 11 is 0. The second-order valence-electron chi connectivity index (χ2n) is 5.78. The summed E-state index contributed by atoms with van der Waals surface area (Å²) in [4.78, 5) is 0. The number of rotatable bonds is 5. The zero-order valence-electron chi connectivity index (χ0n) is 11.5. The van der Waals surface area contributed by atoms with Crippen LogP contribution in [0.25, 0.3) is 0 Å². The van der Waals surface area contributed by atoms with Crippen molar-refractivity contribution in [3.05, 3.63) is 29.8 Å². The molecule has 0 spiro atoms. The topological polar surface area (TPSA) is 64.7 Å². The smallest absolute Gasteiger partial charge is 0.387 e. The van der Waals surface area contributed by atoms with Crippen molar-refractivity contribution < 1.29 is 23.4 Å². The van der Waals surface area contributed by atoms with Gasteiger partial charge < -0.3 is 20.3 Å². The summed E-state index contributed by atoms with van der Waals surface area (Å²) < 4.78 is 35.4. The highest BCUT2D eigenvalue weighted by molar-refractivity contribution is 5.37. The van der Waals surface area contributed by atoms with Crippen LogP contribution in [0.2, 0.25) is 0 Å². The molecule has 4 atom stereocenters. The van der Waals surface area contributed by atoms with E-state index in [1.54, 1.807) is 18.2 Å². The molecule has 0 aromatic heterocycles. The lowest BCUT2D eigenvalue weighted by Crippen LogP contribution is -2.44. The molecule has 3 rings (SSSR count). The quantitative estimate of drug-likeness (QED) is 0.875. The Kier molecular flexibility index (Phi) is 3.86. The van der Waals surface area contributed by atoms with Gasteiger partial charge in [-0.3, -0.25) is 0 Å². The Bertz CT molecular complexity index is 513. The van der Waals surface area contributed by atoms with E-state index in [9.17, 15) is 13.9 Å². The van der Waals surface area contributed by atoms with Crippen molar-refractivity contribution in [2.75, 3.05) is 6.54 Å². The van der Waals surface area contributed by atoms with Gasteiger partial charge in [-0.2, -0.15) is 8.78 Å². The number of benzene rings is 1. The zero-order valence-corrected chi connectivity index (χ0v) is 11.5. The monoisotopic (exact) mass is 299 g/mol. The van der Waals surface area contributed by atoms with E-state index < -0.39 is 18.1 Å². The van der Waals surface area contributed by atoms with Gasteiger partial charge in [-0.15, -0.1) is 0 Å². The third-order valence-electron chi connectivity index (χ3n) is 4.71. The molecule has 4 nitrogen and oxygen atoms in total. The molecule has 4 unspecified atom stereocenters. The Hall–Kier alpha value is -1.24. The molecule has 3 N–H and O–H groups in total. The maximum Gasteiger partial charge on any atom is 0.387 e. The van der Waals surface area contributed by atoms with Crippen molar-refractivity contribution in [1.82, 2.24) is 0 Å². The molecule has 2 saturated heterocycles. The van der Waals surface area contributed by atoms with Crippen LogP contribution in [0.5, 0.6) is 5.75 Å². The maximum absolute atomic E-state index is 12.5. The van der Waals surface area contributed by atoms with E-state index in [0.29, 0.717) is 12.0 Å². The zero-order chi connectivity index (χ0) is 15.0. The molecule has 2 heterocycles. The molecular formula is C15H19F2NO3. The molecule has 6 heteroatoms. The minimum absolute atomic E-state index is 0.00408. The summed E-state index contributed by atoms with van der Waals surface area (Å²) in [6, 6.07) is 6.32. The number of aliphatic hydroxyl groups is 1. The molecule has 1 aromatic rings. The Balaban J connectivity index is 1.92. The normalized spacial score (nSPS) is 32.6. The van der Waals surface area contributed by atoms with Crippen molar-refractivity contribution in [2.24, 2.45) is 11.1 Å². The van der Waals surface area contributed by atoms with Gasteiger partial charge in [0.15, 0.2) is 0 Å². The minimum atomic E-state index is -2.93. The van der Waals surface area contributed by atoms with Crippen LogP contribution in [0.1, 0.15) is 30.9 Å². The first-order chi connectivity index (χ1) is 10.1. The summed E-state index contributed by atoms with van der Waals surface area (Å²) in [5.74, 6) is -0.00408. The van der Waals surface area contributed by atoms with Crippen molar-refractivity contribution in [3.63, 3.8) is 0 Å². The van der Waals surface area contributed by atoms with Crippen LogP contribution in [0, 0.1) is 5.41 Å². The lowest BCUT2D eigenvalue weighted by atomic mass is 9.68. The number of hydrogen-bond donors (Lipinski definition) is 2. The van der Waals surface area contributed by atoms with Crippen LogP contribution >= 0.6 is 0 Å². The molecule has 21 heavy (non-hydrogen) atoms. The highest BCUT2D eigenvalue weighted by Crippen LogP contribution is 2.54. The first kappa shape index (κ1) is 14.7. The van der Waals surface area contributed by atoms with Crippen molar-refractivity contribution in [3.8, 4) is 5.75 Å². The van der Waals surface area contributed by atoms with Gasteiger partial charge in [-0.1, -0.05) is 18.2 Å². The van der Waals surface area contributed by atoms with E-state index >= 15 is 0 Å².